The Kier molecular flexibility index (Phi) is 7.67. The fourth-order valence-corrected chi connectivity index (χ4v) is 5.07. The molecule has 4 rings (SSSR count). The molecule has 0 atom stereocenters. The average molecular weight is 538 g/mol. The van der Waals surface area contributed by atoms with Crippen molar-refractivity contribution in [3.05, 3.63) is 94.9 Å². The lowest BCUT2D eigenvalue weighted by molar-refractivity contribution is 0.103. The molecule has 0 unspecified atom stereocenters. The lowest BCUT2D eigenvalue weighted by Crippen LogP contribution is -2.16. The minimum absolute atomic E-state index is 0.0625. The van der Waals surface area contributed by atoms with E-state index >= 15 is 4.39 Å². The maximum atomic E-state index is 15.5. The number of allylic oxidation sites excluding steroid dienone is 1. The van der Waals surface area contributed by atoms with E-state index in [1.165, 1.54) is 24.5 Å². The predicted molar refractivity (Wildman–Crippen MR) is 143 cm³/mol. The first-order valence-electron chi connectivity index (χ1n) is 11.7. The van der Waals surface area contributed by atoms with Crippen molar-refractivity contribution < 1.29 is 22.0 Å². The van der Waals surface area contributed by atoms with Gasteiger partial charge < -0.3 is 15.7 Å². The number of hydrogen-bond acceptors (Lipinski definition) is 6. The minimum Gasteiger partial charge on any atom is -0.393 e. The summed E-state index contributed by atoms with van der Waals surface area (Å²) >= 11 is 0. The van der Waals surface area contributed by atoms with Crippen LogP contribution in [0.2, 0.25) is 0 Å². The number of sulfonamides is 1. The van der Waals surface area contributed by atoms with E-state index in [0.717, 1.165) is 36.8 Å². The van der Waals surface area contributed by atoms with Gasteiger partial charge in [-0.1, -0.05) is 25.5 Å². The molecule has 0 radical (unpaired) electrons. The first kappa shape index (κ1) is 26.7. The van der Waals surface area contributed by atoms with Gasteiger partial charge in [-0.2, -0.15) is 0 Å². The van der Waals surface area contributed by atoms with Crippen LogP contribution in [0.3, 0.4) is 0 Å². The van der Waals surface area contributed by atoms with Crippen molar-refractivity contribution in [2.24, 2.45) is 0 Å². The number of aryl methyl sites for hydroxylation is 1. The van der Waals surface area contributed by atoms with Crippen molar-refractivity contribution in [3.8, 4) is 0 Å². The fraction of sp³-hybridized carbons (Fsp3) is 0.148. The number of rotatable bonds is 10. The summed E-state index contributed by atoms with van der Waals surface area (Å²) < 4.78 is 58.2. The number of nitrogens with zero attached hydrogens (tertiary/aromatic N) is 1. The number of aromatic amines is 1. The minimum atomic E-state index is -4.21. The van der Waals surface area contributed by atoms with Crippen LogP contribution < -0.4 is 10.0 Å². The van der Waals surface area contributed by atoms with E-state index in [4.69, 9.17) is 5.41 Å². The summed E-state index contributed by atoms with van der Waals surface area (Å²) in [6, 6.07) is 9.49. The highest BCUT2D eigenvalue weighted by Crippen LogP contribution is 2.29. The summed E-state index contributed by atoms with van der Waals surface area (Å²) in [7, 11) is -2.55. The number of ketones is 1. The van der Waals surface area contributed by atoms with E-state index < -0.39 is 38.7 Å². The highest BCUT2D eigenvalue weighted by Gasteiger charge is 2.26. The smallest absolute Gasteiger partial charge is 0.261 e. The Morgan fingerprint density at radius 3 is 2.55 bits per heavy atom. The molecule has 2 aromatic heterocycles. The second-order valence-electron chi connectivity index (χ2n) is 8.47. The van der Waals surface area contributed by atoms with E-state index in [1.54, 1.807) is 31.4 Å². The summed E-state index contributed by atoms with van der Waals surface area (Å²) in [5.41, 5.74) is 0.697. The van der Waals surface area contributed by atoms with Gasteiger partial charge in [-0.3, -0.25) is 9.52 Å². The summed E-state index contributed by atoms with van der Waals surface area (Å²) in [6.45, 7) is 2.00. The second-order valence-corrected chi connectivity index (χ2v) is 10.2. The van der Waals surface area contributed by atoms with Crippen LogP contribution in [0.15, 0.2) is 66.0 Å². The predicted octanol–water partition coefficient (Wildman–Crippen LogP) is 5.04. The van der Waals surface area contributed by atoms with Gasteiger partial charge >= 0.3 is 0 Å². The number of benzene rings is 2. The van der Waals surface area contributed by atoms with Crippen LogP contribution >= 0.6 is 0 Å². The molecule has 0 aliphatic carbocycles. The Morgan fingerprint density at radius 2 is 1.89 bits per heavy atom. The van der Waals surface area contributed by atoms with Crippen molar-refractivity contribution in [2.75, 3.05) is 11.8 Å². The van der Waals surface area contributed by atoms with Gasteiger partial charge in [0.25, 0.3) is 10.0 Å². The van der Waals surface area contributed by atoms with Crippen molar-refractivity contribution in [2.45, 2.75) is 24.7 Å². The lowest BCUT2D eigenvalue weighted by Gasteiger charge is -2.12. The van der Waals surface area contributed by atoms with E-state index in [0.29, 0.717) is 16.8 Å². The third kappa shape index (κ3) is 5.18. The van der Waals surface area contributed by atoms with Crippen molar-refractivity contribution in [1.82, 2.24) is 15.3 Å². The van der Waals surface area contributed by atoms with Crippen LogP contribution in [0.4, 0.5) is 14.5 Å². The first-order chi connectivity index (χ1) is 18.2. The highest BCUT2D eigenvalue weighted by molar-refractivity contribution is 7.92. The number of carbonyl (C=O) groups excluding carboxylic acids is 1. The second kappa shape index (κ2) is 10.9. The number of pyridine rings is 1. The molecule has 4 aromatic rings. The molecule has 196 valence electrons. The normalized spacial score (nSPS) is 11.9. The molecule has 11 heteroatoms. The fourth-order valence-electron chi connectivity index (χ4n) is 4.01. The van der Waals surface area contributed by atoms with E-state index in [1.807, 2.05) is 6.92 Å². The molecular weight excluding hydrogens is 512 g/mol. The molecule has 0 fully saturated rings. The van der Waals surface area contributed by atoms with E-state index in [-0.39, 0.29) is 15.8 Å². The molecule has 0 bridgehead atoms. The topological polar surface area (TPSA) is 128 Å². The van der Waals surface area contributed by atoms with E-state index in [2.05, 4.69) is 20.0 Å². The Hall–Kier alpha value is -4.38. The maximum Gasteiger partial charge on any atom is 0.261 e. The van der Waals surface area contributed by atoms with Gasteiger partial charge in [-0.15, -0.1) is 0 Å². The third-order valence-corrected chi connectivity index (χ3v) is 7.28. The van der Waals surface area contributed by atoms with Crippen LogP contribution in [0.25, 0.3) is 16.6 Å². The number of carbonyl (C=O) groups is 1. The van der Waals surface area contributed by atoms with Crippen LogP contribution in [0.5, 0.6) is 0 Å². The molecule has 4 N–H and O–H groups in total. The third-order valence-electron chi connectivity index (χ3n) is 5.90. The van der Waals surface area contributed by atoms with Gasteiger partial charge in [0, 0.05) is 53.9 Å². The Labute approximate surface area is 218 Å². The van der Waals surface area contributed by atoms with Gasteiger partial charge in [0.05, 0.1) is 16.1 Å². The number of H-pyrrole nitrogens is 1. The quantitative estimate of drug-likeness (QED) is 0.167. The first-order valence-corrected chi connectivity index (χ1v) is 13.2. The number of hydrogen-bond donors (Lipinski definition) is 4. The zero-order valence-electron chi connectivity index (χ0n) is 20.6. The van der Waals surface area contributed by atoms with Crippen molar-refractivity contribution in [3.63, 3.8) is 0 Å². The summed E-state index contributed by atoms with van der Waals surface area (Å²) in [5.74, 6) is -3.48. The SMILES string of the molecule is CCCc1ccc(S(=O)(=O)Nc2ccc(F)c(C(=O)c3c[nH]c4ncc(/C(C=N)=C/NC)cc34)c2F)cc1. The number of halogens is 2. The molecule has 2 heterocycles. The largest absolute Gasteiger partial charge is 0.393 e. The molecule has 0 aliphatic heterocycles. The lowest BCUT2D eigenvalue weighted by atomic mass is 10.00. The highest BCUT2D eigenvalue weighted by atomic mass is 32.2. The molecule has 0 spiro atoms. The zero-order valence-corrected chi connectivity index (χ0v) is 21.4. The summed E-state index contributed by atoms with van der Waals surface area (Å²) in [6.07, 6.45) is 7.11. The Bertz CT molecular complexity index is 1660. The molecule has 38 heavy (non-hydrogen) atoms. The summed E-state index contributed by atoms with van der Waals surface area (Å²) in [5, 5.41) is 10.7. The molecule has 0 amide bonds. The van der Waals surface area contributed by atoms with Crippen molar-refractivity contribution >= 4 is 44.3 Å². The molecular formula is C27H25F2N5O3S. The summed E-state index contributed by atoms with van der Waals surface area (Å²) in [4.78, 5) is 20.3. The van der Waals surface area contributed by atoms with Gasteiger partial charge in [0.1, 0.15) is 11.5 Å². The van der Waals surface area contributed by atoms with Gasteiger partial charge in [-0.25, -0.2) is 22.2 Å². The zero-order chi connectivity index (χ0) is 27.4. The molecule has 0 saturated heterocycles. The monoisotopic (exact) mass is 537 g/mol. The van der Waals surface area contributed by atoms with E-state index in [9.17, 15) is 17.6 Å². The van der Waals surface area contributed by atoms with Gasteiger partial charge in [0.15, 0.2) is 5.82 Å². The number of aromatic nitrogens is 2. The van der Waals surface area contributed by atoms with Crippen LogP contribution in [0, 0.1) is 17.0 Å². The van der Waals surface area contributed by atoms with Crippen LogP contribution in [0.1, 0.15) is 40.4 Å². The Balaban J connectivity index is 1.72. The number of anilines is 1. The average Bonchev–Trinajstić information content (AvgIpc) is 3.33. The molecule has 8 nitrogen and oxygen atoms in total. The standard InChI is InChI=1S/C27H25F2N5O3S/c1-3-4-16-5-7-19(8-6-16)38(36,37)34-23-10-9-22(28)24(25(23)29)26(35)21-15-33-27-20(21)11-17(14-32-27)18(12-30)13-31-2/h5-15,30-31,34H,3-4H2,1-2H3,(H,32,33)/b18-13+,30-12?. The van der Waals surface area contributed by atoms with Gasteiger partial charge in [0.2, 0.25) is 5.78 Å². The maximum absolute atomic E-state index is 15.5. The van der Waals surface area contributed by atoms with Crippen molar-refractivity contribution in [1.29, 1.82) is 5.41 Å². The number of nitrogens with one attached hydrogen (secondary N) is 4. The molecule has 0 saturated carbocycles. The number of fused-ring (bicyclic) bond motifs is 1. The Morgan fingerprint density at radius 1 is 1.16 bits per heavy atom. The van der Waals surface area contributed by atoms with Gasteiger partial charge in [-0.05, 0) is 42.3 Å². The molecule has 2 aromatic carbocycles. The van der Waals surface area contributed by atoms with Crippen LogP contribution in [-0.4, -0.2) is 37.4 Å². The van der Waals surface area contributed by atoms with Crippen LogP contribution in [-0.2, 0) is 16.4 Å². The molecule has 0 aliphatic rings.